The molecule has 1 heterocycles. The van der Waals surface area contributed by atoms with Crippen LogP contribution in [0.25, 0.3) is 5.69 Å². The molecule has 2 aromatic rings. The monoisotopic (exact) mass is 221 g/mol. The Labute approximate surface area is 93.5 Å². The highest BCUT2D eigenvalue weighted by Gasteiger charge is 2.07. The van der Waals surface area contributed by atoms with Crippen molar-refractivity contribution in [1.29, 1.82) is 0 Å². The number of anilines is 1. The number of rotatable bonds is 1. The third kappa shape index (κ3) is 1.70. The van der Waals surface area contributed by atoms with Gasteiger partial charge >= 0.3 is 0 Å². The standard InChI is InChI=1S/C11H12ClN3/c1-7-4-3-5-10(11(7)13)15-6-9(12)8(2)14-15/h3-6H,13H2,1-2H3. The van der Waals surface area contributed by atoms with Gasteiger partial charge in [-0.15, -0.1) is 0 Å². The van der Waals surface area contributed by atoms with Crippen LogP contribution in [0.5, 0.6) is 0 Å². The highest BCUT2D eigenvalue weighted by molar-refractivity contribution is 6.31. The van der Waals surface area contributed by atoms with E-state index in [1.54, 1.807) is 10.9 Å². The van der Waals surface area contributed by atoms with Crippen molar-refractivity contribution in [1.82, 2.24) is 9.78 Å². The summed E-state index contributed by atoms with van der Waals surface area (Å²) in [5.41, 5.74) is 9.41. The van der Waals surface area contributed by atoms with Crippen LogP contribution >= 0.6 is 11.6 Å². The topological polar surface area (TPSA) is 43.8 Å². The predicted molar refractivity (Wildman–Crippen MR) is 62.5 cm³/mol. The van der Waals surface area contributed by atoms with Crippen molar-refractivity contribution in [3.63, 3.8) is 0 Å². The van der Waals surface area contributed by atoms with Crippen molar-refractivity contribution in [2.24, 2.45) is 0 Å². The number of benzene rings is 1. The second-order valence-electron chi connectivity index (χ2n) is 3.51. The molecule has 2 N–H and O–H groups in total. The van der Waals surface area contributed by atoms with Crippen LogP contribution in [0.3, 0.4) is 0 Å². The van der Waals surface area contributed by atoms with E-state index < -0.39 is 0 Å². The molecular weight excluding hydrogens is 210 g/mol. The van der Waals surface area contributed by atoms with Gasteiger partial charge in [0.2, 0.25) is 0 Å². The van der Waals surface area contributed by atoms with Crippen molar-refractivity contribution in [2.45, 2.75) is 13.8 Å². The smallest absolute Gasteiger partial charge is 0.0878 e. The Bertz CT molecular complexity index is 483. The number of hydrogen-bond acceptors (Lipinski definition) is 2. The fourth-order valence-corrected chi connectivity index (χ4v) is 1.56. The molecule has 0 unspecified atom stereocenters. The molecule has 0 radical (unpaired) electrons. The molecule has 0 aliphatic heterocycles. The third-order valence-corrected chi connectivity index (χ3v) is 2.76. The lowest BCUT2D eigenvalue weighted by Gasteiger charge is -2.07. The Hall–Kier alpha value is -1.48. The number of aromatic nitrogens is 2. The summed E-state index contributed by atoms with van der Waals surface area (Å²) in [7, 11) is 0. The van der Waals surface area contributed by atoms with Crippen LogP contribution in [0.15, 0.2) is 24.4 Å². The second-order valence-corrected chi connectivity index (χ2v) is 3.92. The van der Waals surface area contributed by atoms with Crippen molar-refractivity contribution >= 4 is 17.3 Å². The lowest BCUT2D eigenvalue weighted by atomic mass is 10.2. The van der Waals surface area contributed by atoms with Gasteiger partial charge in [-0.3, -0.25) is 0 Å². The maximum Gasteiger partial charge on any atom is 0.0878 e. The minimum atomic E-state index is 0.649. The Morgan fingerprint density at radius 1 is 1.33 bits per heavy atom. The number of nitrogens with two attached hydrogens (primary N) is 1. The number of aryl methyl sites for hydroxylation is 2. The molecule has 0 saturated heterocycles. The summed E-state index contributed by atoms with van der Waals surface area (Å²) >= 11 is 5.95. The molecule has 0 aliphatic carbocycles. The molecule has 0 bridgehead atoms. The summed E-state index contributed by atoms with van der Waals surface area (Å²) in [5.74, 6) is 0. The van der Waals surface area contributed by atoms with Gasteiger partial charge in [-0.05, 0) is 25.5 Å². The van der Waals surface area contributed by atoms with Gasteiger partial charge in [0, 0.05) is 6.20 Å². The number of halogens is 1. The second kappa shape index (κ2) is 3.59. The zero-order chi connectivity index (χ0) is 11.0. The largest absolute Gasteiger partial charge is 0.397 e. The molecule has 1 aromatic heterocycles. The predicted octanol–water partition coefficient (Wildman–Crippen LogP) is 2.72. The minimum Gasteiger partial charge on any atom is -0.397 e. The lowest BCUT2D eigenvalue weighted by Crippen LogP contribution is -2.01. The first-order valence-electron chi connectivity index (χ1n) is 4.67. The quantitative estimate of drug-likeness (QED) is 0.753. The van der Waals surface area contributed by atoms with Crippen LogP contribution in [0.2, 0.25) is 5.02 Å². The van der Waals surface area contributed by atoms with Crippen molar-refractivity contribution in [3.8, 4) is 5.69 Å². The van der Waals surface area contributed by atoms with E-state index in [2.05, 4.69) is 5.10 Å². The summed E-state index contributed by atoms with van der Waals surface area (Å²) in [6.07, 6.45) is 1.77. The normalized spacial score (nSPS) is 10.6. The van der Waals surface area contributed by atoms with Crippen LogP contribution in [-0.4, -0.2) is 9.78 Å². The zero-order valence-corrected chi connectivity index (χ0v) is 9.42. The molecule has 0 atom stereocenters. The average Bonchev–Trinajstić information content (AvgIpc) is 2.51. The summed E-state index contributed by atoms with van der Waals surface area (Å²) in [6, 6.07) is 5.84. The van der Waals surface area contributed by atoms with Crippen LogP contribution in [0, 0.1) is 13.8 Å². The molecule has 2 rings (SSSR count). The van der Waals surface area contributed by atoms with Gasteiger partial charge in [-0.25, -0.2) is 4.68 Å². The van der Waals surface area contributed by atoms with E-state index in [1.165, 1.54) is 0 Å². The van der Waals surface area contributed by atoms with Gasteiger partial charge in [0.1, 0.15) is 0 Å². The van der Waals surface area contributed by atoms with Crippen LogP contribution in [0.4, 0.5) is 5.69 Å². The summed E-state index contributed by atoms with van der Waals surface area (Å²) in [6.45, 7) is 3.83. The van der Waals surface area contributed by atoms with E-state index in [4.69, 9.17) is 17.3 Å². The zero-order valence-electron chi connectivity index (χ0n) is 8.66. The SMILES string of the molecule is Cc1cccc(-n2cc(Cl)c(C)n2)c1N. The molecule has 0 amide bonds. The van der Waals surface area contributed by atoms with Gasteiger partial charge in [-0.1, -0.05) is 23.7 Å². The molecule has 0 spiro atoms. The van der Waals surface area contributed by atoms with Crippen LogP contribution in [-0.2, 0) is 0 Å². The maximum absolute atomic E-state index is 5.97. The first-order valence-corrected chi connectivity index (χ1v) is 5.04. The number of nitrogens with zero attached hydrogens (tertiary/aromatic N) is 2. The van der Waals surface area contributed by atoms with Crippen molar-refractivity contribution in [3.05, 3.63) is 40.7 Å². The molecule has 15 heavy (non-hydrogen) atoms. The van der Waals surface area contributed by atoms with Gasteiger partial charge in [0.25, 0.3) is 0 Å². The number of hydrogen-bond donors (Lipinski definition) is 1. The Balaban J connectivity index is 2.59. The molecule has 0 aliphatic rings. The molecule has 0 saturated carbocycles. The Morgan fingerprint density at radius 3 is 2.67 bits per heavy atom. The molecule has 0 fully saturated rings. The van der Waals surface area contributed by atoms with Crippen molar-refractivity contribution in [2.75, 3.05) is 5.73 Å². The molecule has 78 valence electrons. The summed E-state index contributed by atoms with van der Waals surface area (Å²) in [5, 5.41) is 4.94. The van der Waals surface area contributed by atoms with E-state index >= 15 is 0 Å². The molecule has 4 heteroatoms. The van der Waals surface area contributed by atoms with E-state index in [9.17, 15) is 0 Å². The Morgan fingerprint density at radius 2 is 2.07 bits per heavy atom. The summed E-state index contributed by atoms with van der Waals surface area (Å²) < 4.78 is 1.71. The van der Waals surface area contributed by atoms with Crippen LogP contribution in [0.1, 0.15) is 11.3 Å². The van der Waals surface area contributed by atoms with Gasteiger partial charge in [-0.2, -0.15) is 5.10 Å². The minimum absolute atomic E-state index is 0.649. The van der Waals surface area contributed by atoms with Gasteiger partial charge in [0.05, 0.1) is 22.1 Å². The highest BCUT2D eigenvalue weighted by atomic mass is 35.5. The van der Waals surface area contributed by atoms with E-state index in [0.717, 1.165) is 22.6 Å². The van der Waals surface area contributed by atoms with E-state index in [1.807, 2.05) is 32.0 Å². The van der Waals surface area contributed by atoms with Gasteiger partial charge in [0.15, 0.2) is 0 Å². The van der Waals surface area contributed by atoms with Gasteiger partial charge < -0.3 is 5.73 Å². The fraction of sp³-hybridized carbons (Fsp3) is 0.182. The maximum atomic E-state index is 5.97. The number of nitrogen functional groups attached to an aromatic ring is 1. The first kappa shape index (κ1) is 10.1. The summed E-state index contributed by atoms with van der Waals surface area (Å²) in [4.78, 5) is 0. The average molecular weight is 222 g/mol. The molecule has 1 aromatic carbocycles. The van der Waals surface area contributed by atoms with E-state index in [-0.39, 0.29) is 0 Å². The molecule has 3 nitrogen and oxygen atoms in total. The third-order valence-electron chi connectivity index (χ3n) is 2.39. The van der Waals surface area contributed by atoms with Crippen molar-refractivity contribution < 1.29 is 0 Å². The molecular formula is C11H12ClN3. The lowest BCUT2D eigenvalue weighted by molar-refractivity contribution is 0.864. The van der Waals surface area contributed by atoms with E-state index in [0.29, 0.717) is 5.02 Å². The Kier molecular flexibility index (Phi) is 2.40. The fourth-order valence-electron chi connectivity index (χ4n) is 1.43. The van der Waals surface area contributed by atoms with Crippen LogP contribution < -0.4 is 5.73 Å². The number of para-hydroxylation sites is 1. The first-order chi connectivity index (χ1) is 7.09. The highest BCUT2D eigenvalue weighted by Crippen LogP contribution is 2.22.